The lowest BCUT2D eigenvalue weighted by Crippen LogP contribution is -2.08. The van der Waals surface area contributed by atoms with Crippen LogP contribution >= 0.6 is 0 Å². The van der Waals surface area contributed by atoms with Crippen molar-refractivity contribution in [2.45, 2.75) is 6.61 Å². The second-order valence-corrected chi connectivity index (χ2v) is 2.66. The molecule has 2 N–H and O–H groups in total. The standard InChI is InChI=1S/C9H5F2NO4/c10-9(11)16-7-1-4(3-12)6(13)2-5(7)8(14)15/h1-2,9,13H,(H,14,15). The number of carboxylic acid groups (broad SMARTS) is 1. The van der Waals surface area contributed by atoms with Crippen LogP contribution in [0.5, 0.6) is 11.5 Å². The van der Waals surface area contributed by atoms with E-state index in [0.717, 1.165) is 6.07 Å². The lowest BCUT2D eigenvalue weighted by atomic mass is 10.1. The Balaban J connectivity index is 3.32. The average molecular weight is 229 g/mol. The third-order valence-electron chi connectivity index (χ3n) is 1.66. The van der Waals surface area contributed by atoms with Crippen LogP contribution in [0.1, 0.15) is 15.9 Å². The van der Waals surface area contributed by atoms with Gasteiger partial charge in [0.1, 0.15) is 23.1 Å². The van der Waals surface area contributed by atoms with Crippen molar-refractivity contribution in [2.24, 2.45) is 0 Å². The van der Waals surface area contributed by atoms with Crippen LogP contribution in [0.4, 0.5) is 8.78 Å². The van der Waals surface area contributed by atoms with Crippen molar-refractivity contribution in [1.82, 2.24) is 0 Å². The lowest BCUT2D eigenvalue weighted by molar-refractivity contribution is -0.0503. The molecule has 0 aliphatic heterocycles. The quantitative estimate of drug-likeness (QED) is 0.820. The van der Waals surface area contributed by atoms with Crippen LogP contribution in [0.15, 0.2) is 12.1 Å². The Hall–Kier alpha value is -2.36. The normalized spacial score (nSPS) is 9.88. The molecular formula is C9H5F2NO4. The molecule has 0 atom stereocenters. The monoisotopic (exact) mass is 229 g/mol. The molecular weight excluding hydrogens is 224 g/mol. The molecule has 0 heterocycles. The van der Waals surface area contributed by atoms with Crippen LogP contribution in [-0.2, 0) is 0 Å². The highest BCUT2D eigenvalue weighted by Gasteiger charge is 2.18. The number of nitriles is 1. The van der Waals surface area contributed by atoms with E-state index in [1.807, 2.05) is 0 Å². The van der Waals surface area contributed by atoms with Gasteiger partial charge in [0.25, 0.3) is 0 Å². The molecule has 0 unspecified atom stereocenters. The van der Waals surface area contributed by atoms with E-state index < -0.39 is 29.6 Å². The first-order valence-corrected chi connectivity index (χ1v) is 3.91. The van der Waals surface area contributed by atoms with Crippen molar-refractivity contribution in [3.63, 3.8) is 0 Å². The summed E-state index contributed by atoms with van der Waals surface area (Å²) in [5, 5.41) is 26.3. The van der Waals surface area contributed by atoms with Crippen LogP contribution < -0.4 is 4.74 Å². The lowest BCUT2D eigenvalue weighted by Gasteiger charge is -2.08. The number of carboxylic acids is 1. The highest BCUT2D eigenvalue weighted by Crippen LogP contribution is 2.28. The number of ether oxygens (including phenoxy) is 1. The number of halogens is 2. The molecule has 0 amide bonds. The first-order valence-electron chi connectivity index (χ1n) is 3.91. The topological polar surface area (TPSA) is 90.5 Å². The summed E-state index contributed by atoms with van der Waals surface area (Å²) in [6.07, 6.45) is 0. The van der Waals surface area contributed by atoms with E-state index in [-0.39, 0.29) is 5.56 Å². The number of hydrogen-bond donors (Lipinski definition) is 2. The zero-order valence-corrected chi connectivity index (χ0v) is 7.65. The maximum Gasteiger partial charge on any atom is 0.387 e. The zero-order chi connectivity index (χ0) is 12.3. The van der Waals surface area contributed by atoms with Crippen molar-refractivity contribution >= 4 is 5.97 Å². The van der Waals surface area contributed by atoms with Gasteiger partial charge >= 0.3 is 12.6 Å². The van der Waals surface area contributed by atoms with Gasteiger partial charge in [-0.2, -0.15) is 14.0 Å². The Morgan fingerprint density at radius 1 is 1.50 bits per heavy atom. The molecule has 0 aliphatic carbocycles. The van der Waals surface area contributed by atoms with Gasteiger partial charge in [0.05, 0.1) is 5.56 Å². The zero-order valence-electron chi connectivity index (χ0n) is 7.65. The summed E-state index contributed by atoms with van der Waals surface area (Å²) in [7, 11) is 0. The smallest absolute Gasteiger partial charge is 0.387 e. The van der Waals surface area contributed by atoms with Crippen LogP contribution in [0.3, 0.4) is 0 Å². The van der Waals surface area contributed by atoms with E-state index in [4.69, 9.17) is 15.5 Å². The molecule has 1 rings (SSSR count). The highest BCUT2D eigenvalue weighted by molar-refractivity contribution is 5.91. The minimum atomic E-state index is -3.21. The molecule has 84 valence electrons. The molecule has 0 aromatic heterocycles. The minimum absolute atomic E-state index is 0.347. The van der Waals surface area contributed by atoms with Gasteiger partial charge in [0, 0.05) is 6.07 Å². The fourth-order valence-electron chi connectivity index (χ4n) is 1.02. The summed E-state index contributed by atoms with van der Waals surface area (Å²) in [4.78, 5) is 10.6. The molecule has 1 aromatic carbocycles. The fraction of sp³-hybridized carbons (Fsp3) is 0.111. The van der Waals surface area contributed by atoms with E-state index in [1.165, 1.54) is 6.07 Å². The molecule has 5 nitrogen and oxygen atoms in total. The van der Waals surface area contributed by atoms with Gasteiger partial charge in [-0.1, -0.05) is 0 Å². The third-order valence-corrected chi connectivity index (χ3v) is 1.66. The van der Waals surface area contributed by atoms with Crippen molar-refractivity contribution in [3.8, 4) is 17.6 Å². The van der Waals surface area contributed by atoms with Crippen LogP contribution in [0.25, 0.3) is 0 Å². The second kappa shape index (κ2) is 4.44. The molecule has 0 radical (unpaired) electrons. The van der Waals surface area contributed by atoms with E-state index in [9.17, 15) is 13.6 Å². The number of phenols is 1. The number of rotatable bonds is 3. The maximum absolute atomic E-state index is 11.9. The van der Waals surface area contributed by atoms with Gasteiger partial charge < -0.3 is 14.9 Å². The van der Waals surface area contributed by atoms with E-state index in [2.05, 4.69) is 4.74 Å². The second-order valence-electron chi connectivity index (χ2n) is 2.66. The van der Waals surface area contributed by atoms with Crippen molar-refractivity contribution in [2.75, 3.05) is 0 Å². The third kappa shape index (κ3) is 2.36. The Bertz CT molecular complexity index is 467. The number of carbonyl (C=O) groups is 1. The van der Waals surface area contributed by atoms with Crippen molar-refractivity contribution in [1.29, 1.82) is 5.26 Å². The molecule has 0 spiro atoms. The number of nitrogens with zero attached hydrogens (tertiary/aromatic N) is 1. The number of aromatic hydroxyl groups is 1. The first kappa shape index (κ1) is 11.7. The van der Waals surface area contributed by atoms with E-state index >= 15 is 0 Å². The highest BCUT2D eigenvalue weighted by atomic mass is 19.3. The molecule has 0 bridgehead atoms. The molecule has 1 aromatic rings. The van der Waals surface area contributed by atoms with Crippen LogP contribution in [-0.4, -0.2) is 22.8 Å². The molecule has 0 saturated heterocycles. The first-order chi connectivity index (χ1) is 7.45. The summed E-state index contributed by atoms with van der Waals surface area (Å²) >= 11 is 0. The Labute approximate surface area is 88.1 Å². The van der Waals surface area contributed by atoms with Gasteiger partial charge in [0.15, 0.2) is 0 Å². The number of hydrogen-bond acceptors (Lipinski definition) is 4. The summed E-state index contributed by atoms with van der Waals surface area (Å²) in [5.74, 6) is -2.83. The van der Waals surface area contributed by atoms with E-state index in [0.29, 0.717) is 6.07 Å². The van der Waals surface area contributed by atoms with Gasteiger partial charge in [0.2, 0.25) is 0 Å². The molecule has 0 fully saturated rings. The maximum atomic E-state index is 11.9. The number of aromatic carboxylic acids is 1. The largest absolute Gasteiger partial charge is 0.507 e. The molecule has 16 heavy (non-hydrogen) atoms. The van der Waals surface area contributed by atoms with Crippen LogP contribution in [0, 0.1) is 11.3 Å². The Morgan fingerprint density at radius 2 is 2.12 bits per heavy atom. The SMILES string of the molecule is N#Cc1cc(OC(F)F)c(C(=O)O)cc1O. The van der Waals surface area contributed by atoms with Crippen molar-refractivity contribution < 1.29 is 28.5 Å². The van der Waals surface area contributed by atoms with Gasteiger partial charge in [-0.25, -0.2) is 4.79 Å². The summed E-state index contributed by atoms with van der Waals surface area (Å²) in [5.41, 5.74) is -0.988. The Morgan fingerprint density at radius 3 is 2.56 bits per heavy atom. The summed E-state index contributed by atoms with van der Waals surface area (Å²) in [6, 6.07) is 2.93. The fourth-order valence-corrected chi connectivity index (χ4v) is 1.02. The van der Waals surface area contributed by atoms with Crippen molar-refractivity contribution in [3.05, 3.63) is 23.3 Å². The molecule has 0 aliphatic rings. The Kier molecular flexibility index (Phi) is 3.25. The number of phenolic OH excluding ortho intramolecular Hbond substituents is 1. The van der Waals surface area contributed by atoms with E-state index in [1.54, 1.807) is 0 Å². The number of benzene rings is 1. The van der Waals surface area contributed by atoms with Gasteiger partial charge in [-0.15, -0.1) is 0 Å². The van der Waals surface area contributed by atoms with Crippen LogP contribution in [0.2, 0.25) is 0 Å². The summed E-state index contributed by atoms with van der Waals surface area (Å²) < 4.78 is 27.8. The van der Waals surface area contributed by atoms with Gasteiger partial charge in [-0.3, -0.25) is 0 Å². The molecule has 0 saturated carbocycles. The number of alkyl halides is 2. The average Bonchev–Trinajstić information content (AvgIpc) is 2.19. The minimum Gasteiger partial charge on any atom is -0.507 e. The predicted octanol–water partition coefficient (Wildman–Crippen LogP) is 1.56. The van der Waals surface area contributed by atoms with Gasteiger partial charge in [-0.05, 0) is 6.07 Å². The molecule has 7 heteroatoms. The summed E-state index contributed by atoms with van der Waals surface area (Å²) in [6.45, 7) is -3.21. The predicted molar refractivity (Wildman–Crippen MR) is 46.4 cm³/mol.